The normalized spacial score (nSPS) is 12.1. The maximum absolute atomic E-state index is 5.46. The minimum absolute atomic E-state index is 0.531. The Hall–Kier alpha value is -1.76. The standard InChI is InChI=1S/C17H20O/c1-3-18-17-11-9-16(10-12-17)14(2)13-15-7-5-4-6-8-15/h4-12,14H,3,13H2,1-2H3. The zero-order chi connectivity index (χ0) is 12.8. The highest BCUT2D eigenvalue weighted by atomic mass is 16.5. The Morgan fingerprint density at radius 1 is 0.944 bits per heavy atom. The van der Waals surface area contributed by atoms with Gasteiger partial charge in [0.05, 0.1) is 6.61 Å². The molecular weight excluding hydrogens is 220 g/mol. The molecule has 0 aliphatic rings. The second kappa shape index (κ2) is 6.25. The molecule has 0 radical (unpaired) electrons. The average Bonchev–Trinajstić information content (AvgIpc) is 2.41. The van der Waals surface area contributed by atoms with Gasteiger partial charge in [-0.15, -0.1) is 0 Å². The third-order valence-electron chi connectivity index (χ3n) is 3.14. The lowest BCUT2D eigenvalue weighted by Gasteiger charge is -2.12. The van der Waals surface area contributed by atoms with E-state index in [4.69, 9.17) is 4.74 Å². The Balaban J connectivity index is 2.02. The Morgan fingerprint density at radius 3 is 2.22 bits per heavy atom. The molecule has 0 heterocycles. The topological polar surface area (TPSA) is 9.23 Å². The van der Waals surface area contributed by atoms with E-state index in [1.165, 1.54) is 11.1 Å². The van der Waals surface area contributed by atoms with Gasteiger partial charge in [-0.25, -0.2) is 0 Å². The van der Waals surface area contributed by atoms with E-state index in [1.54, 1.807) is 0 Å². The van der Waals surface area contributed by atoms with Gasteiger partial charge in [-0.2, -0.15) is 0 Å². The van der Waals surface area contributed by atoms with Gasteiger partial charge in [-0.1, -0.05) is 49.4 Å². The first-order valence-electron chi connectivity index (χ1n) is 6.56. The Labute approximate surface area is 109 Å². The lowest BCUT2D eigenvalue weighted by molar-refractivity contribution is 0.340. The van der Waals surface area contributed by atoms with E-state index >= 15 is 0 Å². The van der Waals surface area contributed by atoms with Gasteiger partial charge < -0.3 is 4.74 Å². The molecule has 2 aromatic carbocycles. The molecular formula is C17H20O. The summed E-state index contributed by atoms with van der Waals surface area (Å²) in [6.07, 6.45) is 1.08. The number of hydrogen-bond donors (Lipinski definition) is 0. The van der Waals surface area contributed by atoms with Gasteiger partial charge in [0.25, 0.3) is 0 Å². The summed E-state index contributed by atoms with van der Waals surface area (Å²) in [5.41, 5.74) is 2.75. The van der Waals surface area contributed by atoms with Crippen molar-refractivity contribution in [3.63, 3.8) is 0 Å². The van der Waals surface area contributed by atoms with E-state index in [9.17, 15) is 0 Å². The largest absolute Gasteiger partial charge is 0.494 e. The average molecular weight is 240 g/mol. The minimum Gasteiger partial charge on any atom is -0.494 e. The molecule has 0 fully saturated rings. The summed E-state index contributed by atoms with van der Waals surface area (Å²) in [5.74, 6) is 1.48. The number of benzene rings is 2. The molecule has 2 rings (SSSR count). The smallest absolute Gasteiger partial charge is 0.119 e. The van der Waals surface area contributed by atoms with Crippen molar-refractivity contribution in [2.45, 2.75) is 26.2 Å². The third kappa shape index (κ3) is 3.36. The predicted octanol–water partition coefficient (Wildman–Crippen LogP) is 4.43. The first-order chi connectivity index (χ1) is 8.79. The molecule has 0 aromatic heterocycles. The third-order valence-corrected chi connectivity index (χ3v) is 3.14. The van der Waals surface area contributed by atoms with Crippen molar-refractivity contribution in [3.8, 4) is 5.75 Å². The zero-order valence-corrected chi connectivity index (χ0v) is 11.1. The number of ether oxygens (including phenoxy) is 1. The molecule has 94 valence electrons. The Bertz CT molecular complexity index is 459. The van der Waals surface area contributed by atoms with Crippen LogP contribution in [0.25, 0.3) is 0 Å². The highest BCUT2D eigenvalue weighted by molar-refractivity contribution is 5.30. The van der Waals surface area contributed by atoms with Crippen LogP contribution in [0.1, 0.15) is 30.9 Å². The maximum Gasteiger partial charge on any atom is 0.119 e. The zero-order valence-electron chi connectivity index (χ0n) is 11.1. The summed E-state index contributed by atoms with van der Waals surface area (Å²) in [7, 11) is 0. The highest BCUT2D eigenvalue weighted by Crippen LogP contribution is 2.22. The first kappa shape index (κ1) is 12.7. The summed E-state index contributed by atoms with van der Waals surface area (Å²) in [5, 5.41) is 0. The summed E-state index contributed by atoms with van der Waals surface area (Å²) in [6, 6.07) is 19.1. The van der Waals surface area contributed by atoms with Gasteiger partial charge in [0.1, 0.15) is 5.75 Å². The van der Waals surface area contributed by atoms with Crippen molar-refractivity contribution >= 4 is 0 Å². The van der Waals surface area contributed by atoms with Crippen molar-refractivity contribution < 1.29 is 4.74 Å². The van der Waals surface area contributed by atoms with Crippen LogP contribution in [0.4, 0.5) is 0 Å². The predicted molar refractivity (Wildman–Crippen MR) is 76.2 cm³/mol. The van der Waals surface area contributed by atoms with Crippen molar-refractivity contribution in [3.05, 3.63) is 65.7 Å². The SMILES string of the molecule is CCOc1ccc(C(C)Cc2ccccc2)cc1. The van der Waals surface area contributed by atoms with Crippen LogP contribution in [0.15, 0.2) is 54.6 Å². The molecule has 0 spiro atoms. The van der Waals surface area contributed by atoms with Crippen molar-refractivity contribution in [2.75, 3.05) is 6.61 Å². The molecule has 0 saturated heterocycles. The lowest BCUT2D eigenvalue weighted by atomic mass is 9.94. The van der Waals surface area contributed by atoms with E-state index < -0.39 is 0 Å². The van der Waals surface area contributed by atoms with E-state index in [-0.39, 0.29) is 0 Å². The maximum atomic E-state index is 5.46. The molecule has 2 aromatic rings. The molecule has 0 aliphatic heterocycles. The molecule has 0 N–H and O–H groups in total. The molecule has 1 unspecified atom stereocenters. The number of rotatable bonds is 5. The van der Waals surface area contributed by atoms with Gasteiger partial charge in [0.2, 0.25) is 0 Å². The second-order valence-corrected chi connectivity index (χ2v) is 4.59. The van der Waals surface area contributed by atoms with Crippen LogP contribution in [0.5, 0.6) is 5.75 Å². The molecule has 0 bridgehead atoms. The van der Waals surface area contributed by atoms with Crippen LogP contribution < -0.4 is 4.74 Å². The fraction of sp³-hybridized carbons (Fsp3) is 0.294. The summed E-state index contributed by atoms with van der Waals surface area (Å²) < 4.78 is 5.46. The van der Waals surface area contributed by atoms with Crippen LogP contribution in [0.2, 0.25) is 0 Å². The summed E-state index contributed by atoms with van der Waals surface area (Å²) >= 11 is 0. The van der Waals surface area contributed by atoms with E-state index in [0.717, 1.165) is 18.8 Å². The van der Waals surface area contributed by atoms with Crippen LogP contribution in [-0.4, -0.2) is 6.61 Å². The molecule has 18 heavy (non-hydrogen) atoms. The molecule has 0 amide bonds. The van der Waals surface area contributed by atoms with Gasteiger partial charge >= 0.3 is 0 Å². The van der Waals surface area contributed by atoms with Crippen LogP contribution in [0, 0.1) is 0 Å². The van der Waals surface area contributed by atoms with Gasteiger partial charge in [0, 0.05) is 0 Å². The fourth-order valence-corrected chi connectivity index (χ4v) is 2.14. The lowest BCUT2D eigenvalue weighted by Crippen LogP contribution is -1.98. The Morgan fingerprint density at radius 2 is 1.61 bits per heavy atom. The number of hydrogen-bond acceptors (Lipinski definition) is 1. The van der Waals surface area contributed by atoms with Crippen LogP contribution >= 0.6 is 0 Å². The summed E-state index contributed by atoms with van der Waals surface area (Å²) in [4.78, 5) is 0. The molecule has 0 aliphatic carbocycles. The quantitative estimate of drug-likeness (QED) is 0.751. The van der Waals surface area contributed by atoms with Crippen LogP contribution in [-0.2, 0) is 6.42 Å². The van der Waals surface area contributed by atoms with Gasteiger partial charge in [-0.3, -0.25) is 0 Å². The van der Waals surface area contributed by atoms with Gasteiger partial charge in [-0.05, 0) is 42.5 Å². The molecule has 1 heteroatoms. The van der Waals surface area contributed by atoms with Crippen molar-refractivity contribution in [1.29, 1.82) is 0 Å². The fourth-order valence-electron chi connectivity index (χ4n) is 2.14. The van der Waals surface area contributed by atoms with Crippen molar-refractivity contribution in [1.82, 2.24) is 0 Å². The van der Waals surface area contributed by atoms with Gasteiger partial charge in [0.15, 0.2) is 0 Å². The summed E-state index contributed by atoms with van der Waals surface area (Å²) in [6.45, 7) is 4.99. The first-order valence-corrected chi connectivity index (χ1v) is 6.56. The molecule has 0 saturated carbocycles. The van der Waals surface area contributed by atoms with E-state index in [0.29, 0.717) is 5.92 Å². The van der Waals surface area contributed by atoms with Crippen molar-refractivity contribution in [2.24, 2.45) is 0 Å². The molecule has 1 atom stereocenters. The van der Waals surface area contributed by atoms with E-state index in [1.807, 2.05) is 6.92 Å². The highest BCUT2D eigenvalue weighted by Gasteiger charge is 2.06. The Kier molecular flexibility index (Phi) is 4.40. The monoisotopic (exact) mass is 240 g/mol. The second-order valence-electron chi connectivity index (χ2n) is 4.59. The van der Waals surface area contributed by atoms with Crippen LogP contribution in [0.3, 0.4) is 0 Å². The van der Waals surface area contributed by atoms with E-state index in [2.05, 4.69) is 61.5 Å². The molecule has 1 nitrogen and oxygen atoms in total. The minimum atomic E-state index is 0.531.